The lowest BCUT2D eigenvalue weighted by Crippen LogP contribution is -2.15. The van der Waals surface area contributed by atoms with Gasteiger partial charge in [0.15, 0.2) is 0 Å². The molecule has 0 aliphatic carbocycles. The Balaban J connectivity index is 0.000000172. The van der Waals surface area contributed by atoms with E-state index < -0.39 is 23.5 Å². The number of halogens is 6. The van der Waals surface area contributed by atoms with Crippen molar-refractivity contribution in [2.75, 3.05) is 11.5 Å². The highest BCUT2D eigenvalue weighted by Crippen LogP contribution is 2.40. The Morgan fingerprint density at radius 2 is 0.911 bits per heavy atom. The van der Waals surface area contributed by atoms with Crippen LogP contribution in [0, 0.1) is 0 Å². The average molecular weight is 773 g/mol. The molecule has 0 radical (unpaired) electrons. The predicted octanol–water partition coefficient (Wildman–Crippen LogP) is 11.1. The Labute approximate surface area is 317 Å². The van der Waals surface area contributed by atoms with Crippen molar-refractivity contribution >= 4 is 11.4 Å². The summed E-state index contributed by atoms with van der Waals surface area (Å²) in [5, 5.41) is 0. The van der Waals surface area contributed by atoms with Crippen LogP contribution >= 0.6 is 0 Å². The van der Waals surface area contributed by atoms with Crippen LogP contribution in [0.15, 0.2) is 122 Å². The molecule has 2 aromatic heterocycles. The third kappa shape index (κ3) is 9.25. The number of hydrogen-bond acceptors (Lipinski definition) is 8. The fraction of sp³-hybridized carbons (Fsp3) is 0.190. The number of nitrogens with zero attached hydrogens (tertiary/aromatic N) is 2. The van der Waals surface area contributed by atoms with Gasteiger partial charge in [0.1, 0.15) is 35.2 Å². The molecular weight excluding hydrogens is 738 g/mol. The summed E-state index contributed by atoms with van der Waals surface area (Å²) in [5.74, 6) is 3.55. The summed E-state index contributed by atoms with van der Waals surface area (Å²) in [6, 6.07) is 28.0. The first-order chi connectivity index (χ1) is 26.8. The van der Waals surface area contributed by atoms with Gasteiger partial charge in [-0.2, -0.15) is 26.3 Å². The summed E-state index contributed by atoms with van der Waals surface area (Å²) >= 11 is 0. The molecule has 0 saturated carbocycles. The van der Waals surface area contributed by atoms with E-state index in [0.29, 0.717) is 59.0 Å². The number of nitrogens with two attached hydrogens (primary N) is 2. The molecule has 0 bridgehead atoms. The molecule has 2 aliphatic rings. The largest absolute Gasteiger partial charge is 0.485 e. The maximum atomic E-state index is 12.7. The van der Waals surface area contributed by atoms with Gasteiger partial charge in [0.05, 0.1) is 34.9 Å². The summed E-state index contributed by atoms with van der Waals surface area (Å²) < 4.78 is 99.8. The molecule has 6 aromatic rings. The predicted molar refractivity (Wildman–Crippen MR) is 197 cm³/mol. The Morgan fingerprint density at radius 3 is 1.25 bits per heavy atom. The average Bonchev–Trinajstić information content (AvgIpc) is 3.19. The van der Waals surface area contributed by atoms with Gasteiger partial charge in [-0.15, -0.1) is 0 Å². The molecule has 56 heavy (non-hydrogen) atoms. The molecule has 4 N–H and O–H groups in total. The first kappa shape index (κ1) is 37.9. The second kappa shape index (κ2) is 15.7. The Morgan fingerprint density at radius 1 is 0.518 bits per heavy atom. The summed E-state index contributed by atoms with van der Waals surface area (Å²) in [6.45, 7) is 0. The van der Waals surface area contributed by atoms with Gasteiger partial charge in [0, 0.05) is 12.1 Å². The minimum Gasteiger partial charge on any atom is -0.485 e. The lowest BCUT2D eigenvalue weighted by molar-refractivity contribution is -0.138. The van der Waals surface area contributed by atoms with Crippen LogP contribution in [0.1, 0.15) is 58.4 Å². The van der Waals surface area contributed by atoms with Crippen LogP contribution in [0.5, 0.6) is 34.8 Å². The number of anilines is 2. The van der Waals surface area contributed by atoms with Crippen LogP contribution in [0.25, 0.3) is 0 Å². The first-order valence-electron chi connectivity index (χ1n) is 17.5. The van der Waals surface area contributed by atoms with Crippen molar-refractivity contribution in [3.8, 4) is 34.8 Å². The molecule has 0 fully saturated rings. The highest BCUT2D eigenvalue weighted by Gasteiger charge is 2.32. The normalized spacial score (nSPS) is 16.2. The number of nitrogen functional groups attached to an aromatic ring is 2. The number of pyridine rings is 2. The van der Waals surface area contributed by atoms with Gasteiger partial charge in [0.2, 0.25) is 11.8 Å². The summed E-state index contributed by atoms with van der Waals surface area (Å²) in [6.07, 6.45) is -3.40. The minimum atomic E-state index is -4.34. The maximum absolute atomic E-state index is 12.7. The summed E-state index contributed by atoms with van der Waals surface area (Å²) in [4.78, 5) is 8.21. The molecule has 0 amide bonds. The van der Waals surface area contributed by atoms with Gasteiger partial charge >= 0.3 is 12.4 Å². The second-order valence-electron chi connectivity index (χ2n) is 13.1. The molecule has 0 spiro atoms. The number of aromatic nitrogens is 2. The van der Waals surface area contributed by atoms with Gasteiger partial charge in [-0.25, -0.2) is 9.97 Å². The number of aryl methyl sites for hydroxylation is 2. The third-order valence-corrected chi connectivity index (χ3v) is 9.14. The van der Waals surface area contributed by atoms with Gasteiger partial charge in [0.25, 0.3) is 0 Å². The third-order valence-electron chi connectivity index (χ3n) is 9.14. The molecule has 8 rings (SSSR count). The Hall–Kier alpha value is -6.44. The molecule has 14 heteroatoms. The number of hydrogen-bond donors (Lipinski definition) is 2. The molecule has 2 unspecified atom stereocenters. The van der Waals surface area contributed by atoms with Crippen molar-refractivity contribution in [2.24, 2.45) is 0 Å². The van der Waals surface area contributed by atoms with E-state index in [9.17, 15) is 26.3 Å². The van der Waals surface area contributed by atoms with Crippen LogP contribution < -0.4 is 30.4 Å². The zero-order valence-corrected chi connectivity index (χ0v) is 29.5. The Kier molecular flexibility index (Phi) is 10.6. The Bertz CT molecular complexity index is 2100. The molecular formula is C42H34F6N4O4. The first-order valence-corrected chi connectivity index (χ1v) is 17.5. The number of ether oxygens (including phenoxy) is 4. The van der Waals surface area contributed by atoms with Gasteiger partial charge in [-0.05, 0) is 121 Å². The number of alkyl halides is 6. The highest BCUT2D eigenvalue weighted by atomic mass is 19.4. The molecule has 4 heterocycles. The molecule has 4 aromatic carbocycles. The minimum absolute atomic E-state index is 0.277. The van der Waals surface area contributed by atoms with E-state index in [2.05, 4.69) is 9.97 Å². The lowest BCUT2D eigenvalue weighted by atomic mass is 9.96. The van der Waals surface area contributed by atoms with Crippen LogP contribution in [-0.4, -0.2) is 9.97 Å². The monoisotopic (exact) mass is 772 g/mol. The van der Waals surface area contributed by atoms with Crippen molar-refractivity contribution in [2.45, 2.75) is 50.2 Å². The van der Waals surface area contributed by atoms with E-state index in [1.807, 2.05) is 12.1 Å². The standard InChI is InChI=1S/2C21H17F3N2O2/c2*22-21(23,24)15-4-1-13(2-5-15)18-8-3-14-11-17(7-9-19(14)28-18)27-20-10-6-16(25)12-26-20/h2*1-2,4-7,9-12,18H,3,8,25H2. The second-order valence-corrected chi connectivity index (χ2v) is 13.1. The number of fused-ring (bicyclic) bond motifs is 2. The molecule has 0 saturated heterocycles. The van der Waals surface area contributed by atoms with Crippen molar-refractivity contribution in [3.63, 3.8) is 0 Å². The van der Waals surface area contributed by atoms with Crippen molar-refractivity contribution in [1.29, 1.82) is 0 Å². The van der Waals surface area contributed by atoms with Crippen molar-refractivity contribution in [3.05, 3.63) is 155 Å². The number of rotatable bonds is 6. The quantitative estimate of drug-likeness (QED) is 0.161. The van der Waals surface area contributed by atoms with E-state index in [1.165, 1.54) is 36.7 Å². The summed E-state index contributed by atoms with van der Waals surface area (Å²) in [7, 11) is 0. The zero-order valence-electron chi connectivity index (χ0n) is 29.5. The topological polar surface area (TPSA) is 115 Å². The number of benzene rings is 4. The van der Waals surface area contributed by atoms with E-state index in [1.54, 1.807) is 48.5 Å². The molecule has 8 nitrogen and oxygen atoms in total. The van der Waals surface area contributed by atoms with Crippen LogP contribution in [0.3, 0.4) is 0 Å². The fourth-order valence-corrected chi connectivity index (χ4v) is 6.25. The molecule has 288 valence electrons. The zero-order chi connectivity index (χ0) is 39.5. The van der Waals surface area contributed by atoms with E-state index in [0.717, 1.165) is 59.4 Å². The van der Waals surface area contributed by atoms with Crippen LogP contribution in [-0.2, 0) is 25.2 Å². The van der Waals surface area contributed by atoms with E-state index in [-0.39, 0.29) is 12.2 Å². The van der Waals surface area contributed by atoms with Gasteiger partial charge in [-0.3, -0.25) is 0 Å². The molecule has 2 atom stereocenters. The SMILES string of the molecule is Nc1ccc(Oc2ccc3c(c2)CCC(c2ccc(C(F)(F)F)cc2)O3)nc1.Nc1ccc(Oc2ccc3c(c2)CCC(c2ccc(C(F)(F)F)cc2)O3)nc1. The van der Waals surface area contributed by atoms with E-state index >= 15 is 0 Å². The fourth-order valence-electron chi connectivity index (χ4n) is 6.25. The van der Waals surface area contributed by atoms with Crippen molar-refractivity contribution < 1.29 is 45.3 Å². The van der Waals surface area contributed by atoms with Crippen LogP contribution in [0.4, 0.5) is 37.7 Å². The maximum Gasteiger partial charge on any atom is 0.416 e. The van der Waals surface area contributed by atoms with Gasteiger partial charge < -0.3 is 30.4 Å². The molecule has 2 aliphatic heterocycles. The van der Waals surface area contributed by atoms with Gasteiger partial charge in [-0.1, -0.05) is 24.3 Å². The summed E-state index contributed by atoms with van der Waals surface area (Å²) in [5.41, 5.74) is 14.4. The highest BCUT2D eigenvalue weighted by molar-refractivity contribution is 5.46. The van der Waals surface area contributed by atoms with Crippen LogP contribution in [0.2, 0.25) is 0 Å². The van der Waals surface area contributed by atoms with E-state index in [4.69, 9.17) is 30.4 Å². The lowest BCUT2D eigenvalue weighted by Gasteiger charge is -2.27. The van der Waals surface area contributed by atoms with Crippen molar-refractivity contribution in [1.82, 2.24) is 9.97 Å². The smallest absolute Gasteiger partial charge is 0.416 e.